The van der Waals surface area contributed by atoms with E-state index in [0.717, 1.165) is 25.7 Å². The summed E-state index contributed by atoms with van der Waals surface area (Å²) >= 11 is 11.8. The highest BCUT2D eigenvalue weighted by molar-refractivity contribution is 6.37. The third-order valence-electron chi connectivity index (χ3n) is 5.64. The van der Waals surface area contributed by atoms with Gasteiger partial charge in [0, 0.05) is 5.56 Å². The fourth-order valence-corrected chi connectivity index (χ4v) is 4.43. The van der Waals surface area contributed by atoms with Gasteiger partial charge in [0.05, 0.1) is 16.7 Å². The van der Waals surface area contributed by atoms with E-state index in [1.54, 1.807) is 0 Å². The van der Waals surface area contributed by atoms with E-state index in [2.05, 4.69) is 17.6 Å². The highest BCUT2D eigenvalue weighted by Gasteiger charge is 2.37. The van der Waals surface area contributed by atoms with Crippen molar-refractivity contribution in [1.82, 2.24) is 10.6 Å². The SMILES string of the molecule is CC.CC1(CC(NC(=O)c2cc(Cl)c(O)c(Cl)c2)C(=O)NC2COCC2=O)CCCC1. The van der Waals surface area contributed by atoms with Crippen LogP contribution in [0, 0.1) is 5.41 Å². The lowest BCUT2D eigenvalue weighted by Crippen LogP contribution is -2.52. The molecule has 7 nitrogen and oxygen atoms in total. The summed E-state index contributed by atoms with van der Waals surface area (Å²) in [6.45, 7) is 6.21. The average Bonchev–Trinajstić information content (AvgIpc) is 3.35. The number of nitrogens with one attached hydrogen (secondary N) is 2. The van der Waals surface area contributed by atoms with Gasteiger partial charge in [-0.2, -0.15) is 0 Å². The fourth-order valence-electron chi connectivity index (χ4n) is 3.94. The number of carbonyl (C=O) groups is 3. The summed E-state index contributed by atoms with van der Waals surface area (Å²) in [4.78, 5) is 37.5. The second-order valence-corrected chi connectivity index (χ2v) is 8.89. The maximum atomic E-state index is 12.9. The molecule has 9 heteroatoms. The van der Waals surface area contributed by atoms with E-state index >= 15 is 0 Å². The Morgan fingerprint density at radius 2 is 1.81 bits per heavy atom. The third kappa shape index (κ3) is 6.57. The molecule has 1 heterocycles. The Morgan fingerprint density at radius 1 is 1.23 bits per heavy atom. The summed E-state index contributed by atoms with van der Waals surface area (Å²) in [5.74, 6) is -1.46. The van der Waals surface area contributed by atoms with E-state index in [1.807, 2.05) is 13.8 Å². The Labute approximate surface area is 192 Å². The molecular formula is C22H30Cl2N2O5. The first-order chi connectivity index (χ1) is 14.7. The predicted molar refractivity (Wildman–Crippen MR) is 120 cm³/mol. The summed E-state index contributed by atoms with van der Waals surface area (Å²) in [7, 11) is 0. The largest absolute Gasteiger partial charge is 0.505 e. The van der Waals surface area contributed by atoms with Gasteiger partial charge in [-0.25, -0.2) is 0 Å². The van der Waals surface area contributed by atoms with Crippen molar-refractivity contribution in [2.24, 2.45) is 5.41 Å². The topological polar surface area (TPSA) is 105 Å². The van der Waals surface area contributed by atoms with Crippen LogP contribution >= 0.6 is 23.2 Å². The van der Waals surface area contributed by atoms with Crippen LogP contribution in [0.1, 0.15) is 63.2 Å². The van der Waals surface area contributed by atoms with Crippen LogP contribution < -0.4 is 10.6 Å². The van der Waals surface area contributed by atoms with Crippen LogP contribution in [0.4, 0.5) is 0 Å². The summed E-state index contributed by atoms with van der Waals surface area (Å²) in [5, 5.41) is 15.0. The standard InChI is InChI=1S/C20H24Cl2N2O5.C2H6/c1-20(4-2-3-5-20)8-14(19(28)24-15-9-29-10-16(15)25)23-18(27)11-6-12(21)17(26)13(22)7-11;1-2/h6-7,14-15,26H,2-5,8-10H2,1H3,(H,23,27)(H,24,28);1-2H3. The molecule has 0 aromatic heterocycles. The normalized spacial score (nSPS) is 20.5. The van der Waals surface area contributed by atoms with Gasteiger partial charge in [0.15, 0.2) is 11.5 Å². The Kier molecular flexibility index (Phi) is 9.15. The number of Topliss-reactive ketones (excluding diaryl/α,β-unsaturated/α-hetero) is 1. The number of amides is 2. The van der Waals surface area contributed by atoms with Crippen LogP contribution in [-0.4, -0.2) is 48.0 Å². The van der Waals surface area contributed by atoms with Crippen LogP contribution in [0.3, 0.4) is 0 Å². The van der Waals surface area contributed by atoms with E-state index in [1.165, 1.54) is 12.1 Å². The molecule has 2 fully saturated rings. The molecule has 1 saturated heterocycles. The van der Waals surface area contributed by atoms with Crippen molar-refractivity contribution in [2.75, 3.05) is 13.2 Å². The molecule has 31 heavy (non-hydrogen) atoms. The molecule has 172 valence electrons. The zero-order valence-electron chi connectivity index (χ0n) is 18.1. The number of ether oxygens (including phenoxy) is 1. The molecule has 2 amide bonds. The number of rotatable bonds is 6. The predicted octanol–water partition coefficient (Wildman–Crippen LogP) is 3.88. The van der Waals surface area contributed by atoms with Gasteiger partial charge < -0.3 is 20.5 Å². The van der Waals surface area contributed by atoms with Crippen molar-refractivity contribution in [3.8, 4) is 5.75 Å². The third-order valence-corrected chi connectivity index (χ3v) is 6.22. The molecule has 0 spiro atoms. The summed E-state index contributed by atoms with van der Waals surface area (Å²) in [6.07, 6.45) is 4.55. The van der Waals surface area contributed by atoms with E-state index in [-0.39, 0.29) is 45.8 Å². The van der Waals surface area contributed by atoms with Crippen LogP contribution in [0.25, 0.3) is 0 Å². The van der Waals surface area contributed by atoms with Crippen LogP contribution in [0.15, 0.2) is 12.1 Å². The van der Waals surface area contributed by atoms with Gasteiger partial charge in [-0.15, -0.1) is 0 Å². The molecule has 1 aromatic carbocycles. The lowest BCUT2D eigenvalue weighted by atomic mass is 9.81. The van der Waals surface area contributed by atoms with Gasteiger partial charge in [-0.1, -0.05) is 56.8 Å². The summed E-state index contributed by atoms with van der Waals surface area (Å²) in [5.41, 5.74) is 0.0582. The van der Waals surface area contributed by atoms with E-state index < -0.39 is 23.9 Å². The molecule has 1 aliphatic heterocycles. The minimum Gasteiger partial charge on any atom is -0.505 e. The zero-order chi connectivity index (χ0) is 23.2. The molecule has 1 aliphatic carbocycles. The molecule has 3 rings (SSSR count). The lowest BCUT2D eigenvalue weighted by molar-refractivity contribution is -0.127. The molecule has 0 bridgehead atoms. The monoisotopic (exact) mass is 472 g/mol. The van der Waals surface area contributed by atoms with Crippen molar-refractivity contribution in [2.45, 2.75) is 65.0 Å². The first-order valence-corrected chi connectivity index (χ1v) is 11.3. The molecule has 0 radical (unpaired) electrons. The first kappa shape index (κ1) is 25.4. The van der Waals surface area contributed by atoms with Gasteiger partial charge in [0.2, 0.25) is 5.91 Å². The minimum atomic E-state index is -0.828. The van der Waals surface area contributed by atoms with Crippen LogP contribution in [0.5, 0.6) is 5.75 Å². The Hall–Kier alpha value is -1.83. The van der Waals surface area contributed by atoms with Crippen molar-refractivity contribution in [3.05, 3.63) is 27.7 Å². The van der Waals surface area contributed by atoms with E-state index in [9.17, 15) is 19.5 Å². The number of benzene rings is 1. The van der Waals surface area contributed by atoms with Gasteiger partial charge in [-0.3, -0.25) is 14.4 Å². The van der Waals surface area contributed by atoms with Gasteiger partial charge in [-0.05, 0) is 36.8 Å². The second-order valence-electron chi connectivity index (χ2n) is 8.08. The van der Waals surface area contributed by atoms with Crippen molar-refractivity contribution >= 4 is 40.8 Å². The molecule has 2 aliphatic rings. The van der Waals surface area contributed by atoms with Gasteiger partial charge in [0.1, 0.15) is 18.7 Å². The van der Waals surface area contributed by atoms with Crippen molar-refractivity contribution in [1.29, 1.82) is 0 Å². The quantitative estimate of drug-likeness (QED) is 0.582. The zero-order valence-corrected chi connectivity index (χ0v) is 19.6. The lowest BCUT2D eigenvalue weighted by Gasteiger charge is -2.29. The Bertz CT molecular complexity index is 801. The molecular weight excluding hydrogens is 443 g/mol. The number of phenols is 1. The fraction of sp³-hybridized carbons (Fsp3) is 0.591. The number of halogens is 2. The van der Waals surface area contributed by atoms with Crippen LogP contribution in [-0.2, 0) is 14.3 Å². The number of ketones is 1. The first-order valence-electron chi connectivity index (χ1n) is 10.6. The Balaban J connectivity index is 0.00000166. The number of phenolic OH excluding ortho intramolecular Hbond substituents is 1. The second kappa shape index (κ2) is 11.2. The highest BCUT2D eigenvalue weighted by atomic mass is 35.5. The average molecular weight is 473 g/mol. The van der Waals surface area contributed by atoms with Gasteiger partial charge >= 0.3 is 0 Å². The molecule has 1 saturated carbocycles. The van der Waals surface area contributed by atoms with Crippen molar-refractivity contribution < 1.29 is 24.2 Å². The molecule has 2 unspecified atom stereocenters. The molecule has 1 aromatic rings. The Morgan fingerprint density at radius 3 is 2.32 bits per heavy atom. The summed E-state index contributed by atoms with van der Waals surface area (Å²) in [6, 6.07) is 1.05. The smallest absolute Gasteiger partial charge is 0.252 e. The number of aromatic hydroxyl groups is 1. The maximum absolute atomic E-state index is 12.9. The van der Waals surface area contributed by atoms with E-state index in [0.29, 0.717) is 6.42 Å². The maximum Gasteiger partial charge on any atom is 0.252 e. The molecule has 2 atom stereocenters. The highest BCUT2D eigenvalue weighted by Crippen LogP contribution is 2.41. The van der Waals surface area contributed by atoms with E-state index in [4.69, 9.17) is 27.9 Å². The number of hydrogen-bond donors (Lipinski definition) is 3. The molecule has 3 N–H and O–H groups in total. The van der Waals surface area contributed by atoms with Crippen molar-refractivity contribution in [3.63, 3.8) is 0 Å². The number of hydrogen-bond acceptors (Lipinski definition) is 5. The number of carbonyl (C=O) groups excluding carboxylic acids is 3. The van der Waals surface area contributed by atoms with Crippen LogP contribution in [0.2, 0.25) is 10.0 Å². The summed E-state index contributed by atoms with van der Waals surface area (Å²) < 4.78 is 5.09. The minimum absolute atomic E-state index is 0.0236. The van der Waals surface area contributed by atoms with Gasteiger partial charge in [0.25, 0.3) is 5.91 Å².